The molecular formula is C13H20BrN3O3S. The Hall–Kier alpha value is -0.670. The molecule has 0 saturated carbocycles. The number of rotatable bonds is 4. The normalized spacial score (nSPS) is 18.6. The Labute approximate surface area is 133 Å². The van der Waals surface area contributed by atoms with E-state index < -0.39 is 10.0 Å². The van der Waals surface area contributed by atoms with Crippen molar-refractivity contribution in [2.75, 3.05) is 45.1 Å². The number of nitrogens with zero attached hydrogens (tertiary/aromatic N) is 2. The van der Waals surface area contributed by atoms with Gasteiger partial charge in [-0.05, 0) is 47.1 Å². The van der Waals surface area contributed by atoms with Crippen LogP contribution >= 0.6 is 15.9 Å². The predicted molar refractivity (Wildman–Crippen MR) is 85.5 cm³/mol. The van der Waals surface area contributed by atoms with Gasteiger partial charge in [0.2, 0.25) is 10.0 Å². The summed E-state index contributed by atoms with van der Waals surface area (Å²) in [5, 5.41) is 8.99. The van der Waals surface area contributed by atoms with E-state index in [4.69, 9.17) is 10.8 Å². The van der Waals surface area contributed by atoms with Gasteiger partial charge in [0.1, 0.15) is 0 Å². The molecule has 1 heterocycles. The van der Waals surface area contributed by atoms with E-state index in [0.29, 0.717) is 36.3 Å². The first-order valence-electron chi connectivity index (χ1n) is 6.83. The first kappa shape index (κ1) is 16.7. The molecule has 0 bridgehead atoms. The van der Waals surface area contributed by atoms with Crippen LogP contribution in [0, 0.1) is 0 Å². The molecule has 0 atom stereocenters. The van der Waals surface area contributed by atoms with E-state index in [1.807, 2.05) is 0 Å². The van der Waals surface area contributed by atoms with Crippen LogP contribution in [0.4, 0.5) is 5.69 Å². The molecule has 1 aromatic carbocycles. The number of aliphatic hydroxyl groups excluding tert-OH is 1. The monoisotopic (exact) mass is 377 g/mol. The van der Waals surface area contributed by atoms with E-state index in [0.717, 1.165) is 13.0 Å². The maximum atomic E-state index is 12.8. The molecule has 3 N–H and O–H groups in total. The molecular weight excluding hydrogens is 358 g/mol. The van der Waals surface area contributed by atoms with Crippen molar-refractivity contribution in [3.63, 3.8) is 0 Å². The van der Waals surface area contributed by atoms with Crippen LogP contribution in [0.5, 0.6) is 0 Å². The number of anilines is 1. The third kappa shape index (κ3) is 3.95. The summed E-state index contributed by atoms with van der Waals surface area (Å²) in [7, 11) is -3.56. The van der Waals surface area contributed by atoms with Crippen LogP contribution in [-0.2, 0) is 10.0 Å². The summed E-state index contributed by atoms with van der Waals surface area (Å²) >= 11 is 3.28. The molecule has 0 amide bonds. The van der Waals surface area contributed by atoms with E-state index in [2.05, 4.69) is 20.8 Å². The summed E-state index contributed by atoms with van der Waals surface area (Å²) in [5.74, 6) is 0. The fourth-order valence-corrected chi connectivity index (χ4v) is 4.84. The zero-order chi connectivity index (χ0) is 15.5. The Morgan fingerprint density at radius 3 is 2.71 bits per heavy atom. The van der Waals surface area contributed by atoms with Crippen LogP contribution in [0.15, 0.2) is 27.6 Å². The molecule has 1 aliphatic rings. The standard InChI is InChI=1S/C13H20BrN3O3S/c14-12-3-2-11(15)10-13(12)21(19,20)17-5-1-4-16(6-7-17)8-9-18/h2-3,10,18H,1,4-9,15H2. The van der Waals surface area contributed by atoms with E-state index >= 15 is 0 Å². The number of hydrogen-bond donors (Lipinski definition) is 2. The SMILES string of the molecule is Nc1ccc(Br)c(S(=O)(=O)N2CCCN(CCO)CC2)c1. The fourth-order valence-electron chi connectivity index (χ4n) is 2.41. The van der Waals surface area contributed by atoms with Crippen molar-refractivity contribution < 1.29 is 13.5 Å². The van der Waals surface area contributed by atoms with Crippen molar-refractivity contribution in [3.8, 4) is 0 Å². The van der Waals surface area contributed by atoms with Gasteiger partial charge in [0.15, 0.2) is 0 Å². The van der Waals surface area contributed by atoms with Gasteiger partial charge in [-0.3, -0.25) is 4.90 Å². The highest BCUT2D eigenvalue weighted by Crippen LogP contribution is 2.27. The van der Waals surface area contributed by atoms with Crippen LogP contribution in [0.2, 0.25) is 0 Å². The van der Waals surface area contributed by atoms with Crippen LogP contribution in [-0.4, -0.2) is 62.1 Å². The van der Waals surface area contributed by atoms with Crippen molar-refractivity contribution >= 4 is 31.6 Å². The summed E-state index contributed by atoms with van der Waals surface area (Å²) in [4.78, 5) is 2.28. The van der Waals surface area contributed by atoms with E-state index in [-0.39, 0.29) is 11.5 Å². The van der Waals surface area contributed by atoms with Crippen molar-refractivity contribution in [2.24, 2.45) is 0 Å². The maximum Gasteiger partial charge on any atom is 0.244 e. The molecule has 6 nitrogen and oxygen atoms in total. The molecule has 1 fully saturated rings. The van der Waals surface area contributed by atoms with Gasteiger partial charge >= 0.3 is 0 Å². The van der Waals surface area contributed by atoms with Crippen molar-refractivity contribution in [1.82, 2.24) is 9.21 Å². The Morgan fingerprint density at radius 2 is 2.00 bits per heavy atom. The summed E-state index contributed by atoms with van der Waals surface area (Å²) in [6.45, 7) is 2.99. The van der Waals surface area contributed by atoms with E-state index in [1.54, 1.807) is 12.1 Å². The second-order valence-electron chi connectivity index (χ2n) is 5.01. The molecule has 1 aliphatic heterocycles. The molecule has 1 aromatic rings. The largest absolute Gasteiger partial charge is 0.399 e. The number of nitrogen functional groups attached to an aromatic ring is 1. The Kier molecular flexibility index (Phi) is 5.61. The van der Waals surface area contributed by atoms with Crippen LogP contribution in [0.3, 0.4) is 0 Å². The number of hydrogen-bond acceptors (Lipinski definition) is 5. The van der Waals surface area contributed by atoms with Crippen molar-refractivity contribution in [2.45, 2.75) is 11.3 Å². The minimum absolute atomic E-state index is 0.0908. The van der Waals surface area contributed by atoms with E-state index in [1.165, 1.54) is 10.4 Å². The molecule has 118 valence electrons. The highest BCUT2D eigenvalue weighted by atomic mass is 79.9. The molecule has 8 heteroatoms. The average Bonchev–Trinajstić information content (AvgIpc) is 2.68. The fraction of sp³-hybridized carbons (Fsp3) is 0.538. The lowest BCUT2D eigenvalue weighted by atomic mass is 10.3. The van der Waals surface area contributed by atoms with E-state index in [9.17, 15) is 8.42 Å². The third-order valence-corrected chi connectivity index (χ3v) is 6.43. The van der Waals surface area contributed by atoms with Gasteiger partial charge in [-0.2, -0.15) is 4.31 Å². The highest BCUT2D eigenvalue weighted by molar-refractivity contribution is 9.10. The molecule has 0 spiro atoms. The number of aliphatic hydroxyl groups is 1. The Bertz CT molecular complexity index is 594. The van der Waals surface area contributed by atoms with Gasteiger partial charge in [-0.25, -0.2) is 8.42 Å². The minimum atomic E-state index is -3.56. The smallest absolute Gasteiger partial charge is 0.244 e. The summed E-state index contributed by atoms with van der Waals surface area (Å²) in [6, 6.07) is 4.79. The molecule has 0 aromatic heterocycles. The zero-order valence-electron chi connectivity index (χ0n) is 11.7. The zero-order valence-corrected chi connectivity index (χ0v) is 14.1. The maximum absolute atomic E-state index is 12.8. The van der Waals surface area contributed by atoms with Crippen LogP contribution < -0.4 is 5.73 Å². The second-order valence-corrected chi connectivity index (χ2v) is 7.77. The lowest BCUT2D eigenvalue weighted by Gasteiger charge is -2.22. The van der Waals surface area contributed by atoms with Gasteiger partial charge in [0.05, 0.1) is 11.5 Å². The minimum Gasteiger partial charge on any atom is -0.399 e. The second kappa shape index (κ2) is 7.06. The van der Waals surface area contributed by atoms with Crippen LogP contribution in [0.1, 0.15) is 6.42 Å². The first-order valence-corrected chi connectivity index (χ1v) is 9.07. The number of benzene rings is 1. The number of nitrogens with two attached hydrogens (primary N) is 1. The number of β-amino-alcohol motifs (C(OH)–C–C–N with tert-alkyl or cyclic N) is 1. The summed E-state index contributed by atoms with van der Waals surface area (Å²) in [5.41, 5.74) is 6.13. The van der Waals surface area contributed by atoms with Crippen LogP contribution in [0.25, 0.3) is 0 Å². The van der Waals surface area contributed by atoms with Gasteiger partial charge < -0.3 is 10.8 Å². The first-order chi connectivity index (χ1) is 9.95. The van der Waals surface area contributed by atoms with Gasteiger partial charge in [0.25, 0.3) is 0 Å². The summed E-state index contributed by atoms with van der Waals surface area (Å²) in [6.07, 6.45) is 0.749. The number of sulfonamides is 1. The third-order valence-electron chi connectivity index (χ3n) is 3.54. The topological polar surface area (TPSA) is 86.9 Å². The lowest BCUT2D eigenvalue weighted by Crippen LogP contribution is -2.36. The Balaban J connectivity index is 2.21. The molecule has 0 radical (unpaired) electrons. The average molecular weight is 378 g/mol. The molecule has 0 unspecified atom stereocenters. The molecule has 1 saturated heterocycles. The molecule has 0 aliphatic carbocycles. The van der Waals surface area contributed by atoms with Crippen molar-refractivity contribution in [1.29, 1.82) is 0 Å². The number of halogens is 1. The quantitative estimate of drug-likeness (QED) is 0.754. The summed E-state index contributed by atoms with van der Waals surface area (Å²) < 4.78 is 27.5. The van der Waals surface area contributed by atoms with Gasteiger partial charge in [0, 0.05) is 36.3 Å². The predicted octanol–water partition coefficient (Wildman–Crippen LogP) is 0.720. The Morgan fingerprint density at radius 1 is 1.24 bits per heavy atom. The molecule has 2 rings (SSSR count). The lowest BCUT2D eigenvalue weighted by molar-refractivity contribution is 0.202. The van der Waals surface area contributed by atoms with Crippen molar-refractivity contribution in [3.05, 3.63) is 22.7 Å². The van der Waals surface area contributed by atoms with Gasteiger partial charge in [-0.1, -0.05) is 0 Å². The highest BCUT2D eigenvalue weighted by Gasteiger charge is 2.28. The van der Waals surface area contributed by atoms with Gasteiger partial charge in [-0.15, -0.1) is 0 Å². The molecule has 21 heavy (non-hydrogen) atoms.